The third kappa shape index (κ3) is 7.93. The van der Waals surface area contributed by atoms with Crippen molar-refractivity contribution in [3.8, 4) is 0 Å². The van der Waals surface area contributed by atoms with E-state index in [1.54, 1.807) is 16.7 Å². The molecule has 34 heavy (non-hydrogen) atoms. The Labute approximate surface area is 211 Å². The number of nitrogens with one attached hydrogen (secondary N) is 1. The fraction of sp³-hybridized carbons (Fsp3) is 0.286. The first-order valence-electron chi connectivity index (χ1n) is 11.4. The molecule has 0 aliphatic heterocycles. The second-order valence-electron chi connectivity index (χ2n) is 8.46. The van der Waals surface area contributed by atoms with Gasteiger partial charge in [-0.2, -0.15) is 0 Å². The van der Waals surface area contributed by atoms with Crippen molar-refractivity contribution in [3.63, 3.8) is 0 Å². The summed E-state index contributed by atoms with van der Waals surface area (Å²) < 4.78 is 0. The highest BCUT2D eigenvalue weighted by molar-refractivity contribution is 7.99. The van der Waals surface area contributed by atoms with Gasteiger partial charge in [-0.25, -0.2) is 0 Å². The number of hydrogen-bond acceptors (Lipinski definition) is 3. The van der Waals surface area contributed by atoms with Crippen LogP contribution in [0.3, 0.4) is 0 Å². The van der Waals surface area contributed by atoms with Crippen LogP contribution in [-0.2, 0) is 28.3 Å². The minimum absolute atomic E-state index is 0.0319. The molecule has 0 aromatic heterocycles. The number of carbonyl (C=O) groups is 2. The van der Waals surface area contributed by atoms with Gasteiger partial charge in [-0.05, 0) is 36.6 Å². The van der Waals surface area contributed by atoms with Gasteiger partial charge in [-0.15, -0.1) is 11.8 Å². The maximum Gasteiger partial charge on any atom is 0.243 e. The van der Waals surface area contributed by atoms with E-state index < -0.39 is 6.04 Å². The summed E-state index contributed by atoms with van der Waals surface area (Å²) in [5.74, 6) is 0.765. The predicted molar refractivity (Wildman–Crippen MR) is 142 cm³/mol. The summed E-state index contributed by atoms with van der Waals surface area (Å²) in [5, 5.41) is 3.59. The SMILES string of the molecule is CC(C)NC(=O)C(Cc1ccccc1)N(Cc1ccccc1Cl)C(=O)CSCc1ccccc1. The molecule has 1 N–H and O–H groups in total. The van der Waals surface area contributed by atoms with E-state index in [1.807, 2.05) is 98.8 Å². The van der Waals surface area contributed by atoms with Gasteiger partial charge in [0, 0.05) is 29.8 Å². The van der Waals surface area contributed by atoms with E-state index >= 15 is 0 Å². The van der Waals surface area contributed by atoms with Crippen molar-refractivity contribution >= 4 is 35.2 Å². The molecule has 0 aliphatic rings. The summed E-state index contributed by atoms with van der Waals surface area (Å²) in [7, 11) is 0. The molecule has 6 heteroatoms. The Morgan fingerprint density at radius 3 is 2.09 bits per heavy atom. The number of thioether (sulfide) groups is 1. The molecule has 0 aliphatic carbocycles. The third-order valence-electron chi connectivity index (χ3n) is 5.34. The zero-order valence-electron chi connectivity index (χ0n) is 19.6. The summed E-state index contributed by atoms with van der Waals surface area (Å²) in [4.78, 5) is 28.6. The van der Waals surface area contributed by atoms with Gasteiger partial charge < -0.3 is 10.2 Å². The molecule has 0 fully saturated rings. The van der Waals surface area contributed by atoms with Crippen LogP contribution < -0.4 is 5.32 Å². The monoisotopic (exact) mass is 494 g/mol. The zero-order chi connectivity index (χ0) is 24.3. The van der Waals surface area contributed by atoms with Crippen molar-refractivity contribution in [1.29, 1.82) is 0 Å². The summed E-state index contributed by atoms with van der Waals surface area (Å²) in [6.07, 6.45) is 0.430. The van der Waals surface area contributed by atoms with Crippen molar-refractivity contribution in [2.24, 2.45) is 0 Å². The van der Waals surface area contributed by atoms with E-state index in [-0.39, 0.29) is 30.2 Å². The lowest BCUT2D eigenvalue weighted by Gasteiger charge is -2.32. The maximum absolute atomic E-state index is 13.6. The highest BCUT2D eigenvalue weighted by Crippen LogP contribution is 2.22. The molecule has 0 saturated heterocycles. The Morgan fingerprint density at radius 2 is 1.47 bits per heavy atom. The van der Waals surface area contributed by atoms with E-state index in [0.717, 1.165) is 22.4 Å². The number of halogens is 1. The standard InChI is InChI=1S/C28H31ClN2O2S/c1-21(2)30-28(33)26(17-22-11-5-3-6-12-22)31(18-24-15-9-10-16-25(24)29)27(32)20-34-19-23-13-7-4-8-14-23/h3-16,21,26H,17-20H2,1-2H3,(H,30,33). The van der Waals surface area contributed by atoms with Crippen molar-refractivity contribution < 1.29 is 9.59 Å². The van der Waals surface area contributed by atoms with Crippen LogP contribution in [0.2, 0.25) is 5.02 Å². The molecule has 178 valence electrons. The Balaban J connectivity index is 1.86. The van der Waals surface area contributed by atoms with Crippen LogP contribution in [0.1, 0.15) is 30.5 Å². The summed E-state index contributed by atoms with van der Waals surface area (Å²) >= 11 is 7.99. The smallest absolute Gasteiger partial charge is 0.243 e. The first kappa shape index (κ1) is 25.9. The van der Waals surface area contributed by atoms with Crippen molar-refractivity contribution in [2.75, 3.05) is 5.75 Å². The molecule has 4 nitrogen and oxygen atoms in total. The molecular weight excluding hydrogens is 464 g/mol. The van der Waals surface area contributed by atoms with Gasteiger partial charge in [-0.1, -0.05) is 90.5 Å². The molecule has 3 aromatic carbocycles. The summed E-state index contributed by atoms with van der Waals surface area (Å²) in [6, 6.07) is 26.7. The molecule has 3 aromatic rings. The maximum atomic E-state index is 13.6. The average Bonchev–Trinajstić information content (AvgIpc) is 2.83. The minimum atomic E-state index is -0.647. The Hall–Kier alpha value is -2.76. The van der Waals surface area contributed by atoms with Gasteiger partial charge in [0.15, 0.2) is 0 Å². The molecule has 0 radical (unpaired) electrons. The Bertz CT molecular complexity index is 1060. The number of carbonyl (C=O) groups excluding carboxylic acids is 2. The number of rotatable bonds is 11. The molecule has 0 spiro atoms. The fourth-order valence-corrected chi connectivity index (χ4v) is 4.72. The molecule has 1 atom stereocenters. The molecule has 3 rings (SSSR count). The first-order chi connectivity index (χ1) is 16.4. The number of hydrogen-bond donors (Lipinski definition) is 1. The second-order valence-corrected chi connectivity index (χ2v) is 9.85. The van der Waals surface area contributed by atoms with E-state index in [0.29, 0.717) is 11.4 Å². The molecule has 0 saturated carbocycles. The Morgan fingerprint density at radius 1 is 0.882 bits per heavy atom. The number of nitrogens with zero attached hydrogens (tertiary/aromatic N) is 1. The van der Waals surface area contributed by atoms with E-state index in [9.17, 15) is 9.59 Å². The molecule has 0 heterocycles. The lowest BCUT2D eigenvalue weighted by Crippen LogP contribution is -2.52. The molecule has 0 bridgehead atoms. The van der Waals surface area contributed by atoms with Crippen molar-refractivity contribution in [1.82, 2.24) is 10.2 Å². The van der Waals surface area contributed by atoms with E-state index in [4.69, 9.17) is 11.6 Å². The highest BCUT2D eigenvalue weighted by Gasteiger charge is 2.31. The van der Waals surface area contributed by atoms with Crippen LogP contribution in [0.5, 0.6) is 0 Å². The number of amides is 2. The quantitative estimate of drug-likeness (QED) is 0.370. The number of benzene rings is 3. The highest BCUT2D eigenvalue weighted by atomic mass is 35.5. The van der Waals surface area contributed by atoms with Crippen LogP contribution in [0, 0.1) is 0 Å². The lowest BCUT2D eigenvalue weighted by atomic mass is 10.0. The molecular formula is C28H31ClN2O2S. The van der Waals surface area contributed by atoms with Crippen LogP contribution in [0.15, 0.2) is 84.9 Å². The summed E-state index contributed by atoms with van der Waals surface area (Å²) in [6.45, 7) is 4.12. The minimum Gasteiger partial charge on any atom is -0.352 e. The lowest BCUT2D eigenvalue weighted by molar-refractivity contribution is -0.139. The Kier molecular flexibility index (Phi) is 10.0. The van der Waals surface area contributed by atoms with E-state index in [1.165, 1.54) is 0 Å². The second kappa shape index (κ2) is 13.2. The van der Waals surface area contributed by atoms with Crippen LogP contribution >= 0.6 is 23.4 Å². The van der Waals surface area contributed by atoms with Crippen molar-refractivity contribution in [3.05, 3.63) is 107 Å². The zero-order valence-corrected chi connectivity index (χ0v) is 21.2. The van der Waals surface area contributed by atoms with Gasteiger partial charge in [0.25, 0.3) is 0 Å². The summed E-state index contributed by atoms with van der Waals surface area (Å²) in [5.41, 5.74) is 2.98. The van der Waals surface area contributed by atoms with Gasteiger partial charge in [0.1, 0.15) is 6.04 Å². The van der Waals surface area contributed by atoms with Crippen LogP contribution in [0.4, 0.5) is 0 Å². The average molecular weight is 495 g/mol. The van der Waals surface area contributed by atoms with Gasteiger partial charge in [0.05, 0.1) is 5.75 Å². The largest absolute Gasteiger partial charge is 0.352 e. The van der Waals surface area contributed by atoms with Crippen LogP contribution in [0.25, 0.3) is 0 Å². The van der Waals surface area contributed by atoms with Gasteiger partial charge >= 0.3 is 0 Å². The molecule has 2 amide bonds. The van der Waals surface area contributed by atoms with Crippen molar-refractivity contribution in [2.45, 2.75) is 44.6 Å². The molecule has 1 unspecified atom stereocenters. The van der Waals surface area contributed by atoms with E-state index in [2.05, 4.69) is 5.32 Å². The third-order valence-corrected chi connectivity index (χ3v) is 6.69. The normalized spacial score (nSPS) is 11.8. The fourth-order valence-electron chi connectivity index (χ4n) is 3.66. The van der Waals surface area contributed by atoms with Crippen LogP contribution in [-0.4, -0.2) is 34.6 Å². The van der Waals surface area contributed by atoms with Gasteiger partial charge in [0.2, 0.25) is 11.8 Å². The first-order valence-corrected chi connectivity index (χ1v) is 13.0. The predicted octanol–water partition coefficient (Wildman–Crippen LogP) is 5.74. The topological polar surface area (TPSA) is 49.4 Å². The van der Waals surface area contributed by atoms with Gasteiger partial charge in [-0.3, -0.25) is 9.59 Å².